The number of aryl methyl sites for hydroxylation is 1. The zero-order valence-electron chi connectivity index (χ0n) is 19.4. The largest absolute Gasteiger partial charge is 0.330 e. The van der Waals surface area contributed by atoms with E-state index in [0.29, 0.717) is 0 Å². The summed E-state index contributed by atoms with van der Waals surface area (Å²) in [5.41, 5.74) is 6.30. The molecule has 0 radical (unpaired) electrons. The Kier molecular flexibility index (Phi) is 6.49. The molecule has 1 aromatic heterocycles. The Morgan fingerprint density at radius 3 is 2.70 bits per heavy atom. The fourth-order valence-electron chi connectivity index (χ4n) is 5.22. The van der Waals surface area contributed by atoms with Crippen molar-refractivity contribution in [1.82, 2.24) is 19.8 Å². The molecule has 2 aliphatic heterocycles. The van der Waals surface area contributed by atoms with Gasteiger partial charge in [-0.1, -0.05) is 48.0 Å². The predicted molar refractivity (Wildman–Crippen MR) is 130 cm³/mol. The van der Waals surface area contributed by atoms with Crippen LogP contribution in [0.1, 0.15) is 70.2 Å². The third-order valence-corrected chi connectivity index (χ3v) is 6.87. The van der Waals surface area contributed by atoms with Gasteiger partial charge in [0.2, 0.25) is 0 Å². The van der Waals surface area contributed by atoms with Gasteiger partial charge in [-0.15, -0.1) is 0 Å². The van der Waals surface area contributed by atoms with Crippen LogP contribution in [0.3, 0.4) is 0 Å². The van der Waals surface area contributed by atoms with Crippen LogP contribution in [0.4, 0.5) is 0 Å². The summed E-state index contributed by atoms with van der Waals surface area (Å²) in [6, 6.07) is 16.6. The Hall–Kier alpha value is -3.05. The molecule has 3 heterocycles. The highest BCUT2D eigenvalue weighted by atomic mass is 16.2. The molecule has 5 rings (SSSR count). The number of carbonyl (C=O) groups excluding carboxylic acids is 1. The van der Waals surface area contributed by atoms with E-state index in [1.807, 2.05) is 35.5 Å². The van der Waals surface area contributed by atoms with Crippen LogP contribution in [0, 0.1) is 6.92 Å². The van der Waals surface area contributed by atoms with Crippen LogP contribution in [0.15, 0.2) is 60.9 Å². The van der Waals surface area contributed by atoms with E-state index in [-0.39, 0.29) is 11.9 Å². The third kappa shape index (κ3) is 4.98. The monoisotopic (exact) mass is 440 g/mol. The van der Waals surface area contributed by atoms with Crippen LogP contribution >= 0.6 is 0 Å². The second-order valence-corrected chi connectivity index (χ2v) is 9.40. The molecule has 1 amide bonds. The van der Waals surface area contributed by atoms with E-state index >= 15 is 0 Å². The third-order valence-electron chi connectivity index (χ3n) is 6.87. The van der Waals surface area contributed by atoms with E-state index < -0.39 is 0 Å². The van der Waals surface area contributed by atoms with Crippen molar-refractivity contribution < 1.29 is 4.79 Å². The molecule has 2 saturated heterocycles. The van der Waals surface area contributed by atoms with Crippen LogP contribution in [0.25, 0.3) is 0 Å². The molecule has 170 valence electrons. The van der Waals surface area contributed by atoms with Crippen LogP contribution in [-0.4, -0.2) is 45.3 Å². The predicted octanol–water partition coefficient (Wildman–Crippen LogP) is 4.95. The molecule has 1 unspecified atom stereocenters. The van der Waals surface area contributed by atoms with E-state index in [4.69, 9.17) is 4.98 Å². The van der Waals surface area contributed by atoms with Crippen molar-refractivity contribution in [3.8, 4) is 0 Å². The number of hydrogen-bond donors (Lipinski definition) is 0. The Balaban J connectivity index is 1.36. The average Bonchev–Trinajstić information content (AvgIpc) is 3.52. The number of carbonyl (C=O) groups is 1. The molecule has 33 heavy (non-hydrogen) atoms. The summed E-state index contributed by atoms with van der Waals surface area (Å²) in [6.07, 6.45) is 8.87. The summed E-state index contributed by atoms with van der Waals surface area (Å²) < 4.78 is 0. The van der Waals surface area contributed by atoms with Crippen LogP contribution in [-0.2, 0) is 13.0 Å². The zero-order chi connectivity index (χ0) is 22.6. The minimum atomic E-state index is -0.0118. The van der Waals surface area contributed by atoms with Gasteiger partial charge in [-0.05, 0) is 62.9 Å². The molecule has 0 bridgehead atoms. The molecule has 5 heteroatoms. The van der Waals surface area contributed by atoms with Crippen molar-refractivity contribution in [2.75, 3.05) is 19.6 Å². The quantitative estimate of drug-likeness (QED) is 0.544. The molecule has 0 spiro atoms. The second-order valence-electron chi connectivity index (χ2n) is 9.40. The first kappa shape index (κ1) is 21.8. The van der Waals surface area contributed by atoms with Crippen molar-refractivity contribution >= 4 is 5.91 Å². The van der Waals surface area contributed by atoms with E-state index in [1.54, 1.807) is 0 Å². The van der Waals surface area contributed by atoms with Crippen LogP contribution < -0.4 is 0 Å². The maximum atomic E-state index is 13.7. The van der Waals surface area contributed by atoms with Gasteiger partial charge in [0.1, 0.15) is 0 Å². The number of nitrogens with zero attached hydrogens (tertiary/aromatic N) is 4. The first-order chi connectivity index (χ1) is 16.2. The van der Waals surface area contributed by atoms with Crippen molar-refractivity contribution in [3.63, 3.8) is 0 Å². The van der Waals surface area contributed by atoms with Crippen molar-refractivity contribution in [2.45, 2.75) is 51.6 Å². The molecule has 5 nitrogen and oxygen atoms in total. The number of rotatable bonds is 6. The number of benzene rings is 2. The van der Waals surface area contributed by atoms with Gasteiger partial charge >= 0.3 is 0 Å². The molecule has 2 fully saturated rings. The summed E-state index contributed by atoms with van der Waals surface area (Å²) in [4.78, 5) is 27.6. The van der Waals surface area contributed by atoms with E-state index in [0.717, 1.165) is 68.0 Å². The van der Waals surface area contributed by atoms with Gasteiger partial charge in [-0.3, -0.25) is 19.7 Å². The Bertz CT molecular complexity index is 1120. The zero-order valence-corrected chi connectivity index (χ0v) is 19.4. The van der Waals surface area contributed by atoms with Crippen LogP contribution in [0.5, 0.6) is 0 Å². The average molecular weight is 441 g/mol. The van der Waals surface area contributed by atoms with Crippen molar-refractivity contribution in [3.05, 3.63) is 94.6 Å². The molecule has 0 aliphatic carbocycles. The van der Waals surface area contributed by atoms with Gasteiger partial charge in [0, 0.05) is 31.3 Å². The van der Waals surface area contributed by atoms with Crippen LogP contribution in [0.2, 0.25) is 0 Å². The fraction of sp³-hybridized carbons (Fsp3) is 0.393. The van der Waals surface area contributed by atoms with Crippen molar-refractivity contribution in [1.29, 1.82) is 0 Å². The van der Waals surface area contributed by atoms with Gasteiger partial charge in [-0.25, -0.2) is 0 Å². The molecule has 1 atom stereocenters. The number of hydrogen-bond acceptors (Lipinski definition) is 4. The molecule has 2 aliphatic rings. The standard InChI is InChI=1S/C28H32N4O/c1-21-8-6-9-22(16-21)17-24-18-29-19-26(30-24)27-12-7-15-32(27)28(33)25-11-3-2-10-23(25)20-31-13-4-5-14-31/h2-3,6,8-11,16,18-19,27H,4-5,7,12-15,17,20H2,1H3. The lowest BCUT2D eigenvalue weighted by Crippen LogP contribution is -2.32. The number of aromatic nitrogens is 2. The van der Waals surface area contributed by atoms with E-state index in [1.165, 1.54) is 24.0 Å². The van der Waals surface area contributed by atoms with Gasteiger partial charge in [0.05, 0.1) is 23.6 Å². The smallest absolute Gasteiger partial charge is 0.254 e. The first-order valence-electron chi connectivity index (χ1n) is 12.1. The summed E-state index contributed by atoms with van der Waals surface area (Å²) >= 11 is 0. The summed E-state index contributed by atoms with van der Waals surface area (Å²) in [6.45, 7) is 5.98. The lowest BCUT2D eigenvalue weighted by atomic mass is 10.0. The van der Waals surface area contributed by atoms with E-state index in [2.05, 4.69) is 47.1 Å². The minimum Gasteiger partial charge on any atom is -0.330 e. The maximum Gasteiger partial charge on any atom is 0.254 e. The van der Waals surface area contributed by atoms with Gasteiger partial charge < -0.3 is 4.90 Å². The first-order valence-corrected chi connectivity index (χ1v) is 12.1. The van der Waals surface area contributed by atoms with E-state index in [9.17, 15) is 4.79 Å². The van der Waals surface area contributed by atoms with Gasteiger partial charge in [-0.2, -0.15) is 0 Å². The van der Waals surface area contributed by atoms with Gasteiger partial charge in [0.15, 0.2) is 0 Å². The SMILES string of the molecule is Cc1cccc(Cc2cncc(C3CCCN3C(=O)c3ccccc3CN3CCCC3)n2)c1. The molecule has 0 saturated carbocycles. The highest BCUT2D eigenvalue weighted by Gasteiger charge is 2.33. The Labute approximate surface area is 196 Å². The fourth-order valence-corrected chi connectivity index (χ4v) is 5.22. The highest BCUT2D eigenvalue weighted by Crippen LogP contribution is 2.33. The number of amides is 1. The minimum absolute atomic E-state index is 0.0118. The lowest BCUT2D eigenvalue weighted by Gasteiger charge is -2.26. The molecule has 2 aromatic carbocycles. The summed E-state index contributed by atoms with van der Waals surface area (Å²) in [5.74, 6) is 0.123. The summed E-state index contributed by atoms with van der Waals surface area (Å²) in [7, 11) is 0. The molecular weight excluding hydrogens is 408 g/mol. The maximum absolute atomic E-state index is 13.7. The normalized spacial score (nSPS) is 18.7. The topological polar surface area (TPSA) is 49.3 Å². The lowest BCUT2D eigenvalue weighted by molar-refractivity contribution is 0.0730. The molecule has 3 aromatic rings. The van der Waals surface area contributed by atoms with Crippen molar-refractivity contribution in [2.24, 2.45) is 0 Å². The summed E-state index contributed by atoms with van der Waals surface area (Å²) in [5, 5.41) is 0. The molecular formula is C28H32N4O. The Morgan fingerprint density at radius 1 is 1.00 bits per heavy atom. The number of likely N-dealkylation sites (tertiary alicyclic amines) is 2. The second kappa shape index (κ2) is 9.84. The molecule has 0 N–H and O–H groups in total. The highest BCUT2D eigenvalue weighted by molar-refractivity contribution is 5.96. The van der Waals surface area contributed by atoms with Gasteiger partial charge in [0.25, 0.3) is 5.91 Å². The Morgan fingerprint density at radius 2 is 1.85 bits per heavy atom.